The van der Waals surface area contributed by atoms with Crippen molar-refractivity contribution in [3.05, 3.63) is 27.7 Å². The number of benzene rings is 1. The van der Waals surface area contributed by atoms with Gasteiger partial charge in [0.05, 0.1) is 9.92 Å². The van der Waals surface area contributed by atoms with Crippen LogP contribution in [-0.4, -0.2) is 26.7 Å². The summed E-state index contributed by atoms with van der Waals surface area (Å²) in [5, 5.41) is 9.04. The monoisotopic (exact) mass is 341 g/mol. The molecule has 96 valence electrons. The molecular weight excluding hydrogens is 330 g/mol. The minimum atomic E-state index is -3.50. The summed E-state index contributed by atoms with van der Waals surface area (Å²) >= 11 is 8.96. The van der Waals surface area contributed by atoms with E-state index < -0.39 is 10.0 Å². The molecule has 1 rings (SSSR count). The van der Waals surface area contributed by atoms with E-state index >= 15 is 0 Å². The number of nitrogens with one attached hydrogen (secondary N) is 1. The van der Waals surface area contributed by atoms with Crippen LogP contribution in [-0.2, 0) is 10.0 Å². The van der Waals surface area contributed by atoms with Crippen molar-refractivity contribution in [2.24, 2.45) is 0 Å². The van der Waals surface area contributed by atoms with Crippen LogP contribution < -0.4 is 4.72 Å². The highest BCUT2D eigenvalue weighted by Crippen LogP contribution is 2.25. The smallest absolute Gasteiger partial charge is 0.240 e. The van der Waals surface area contributed by atoms with Gasteiger partial charge in [-0.2, -0.15) is 0 Å². The van der Waals surface area contributed by atoms with Gasteiger partial charge >= 0.3 is 0 Å². The molecule has 0 aromatic heterocycles. The molecule has 0 radical (unpaired) electrons. The van der Waals surface area contributed by atoms with Crippen molar-refractivity contribution in [3.8, 4) is 0 Å². The van der Waals surface area contributed by atoms with Gasteiger partial charge in [-0.3, -0.25) is 0 Å². The van der Waals surface area contributed by atoms with Gasteiger partial charge in [0.1, 0.15) is 0 Å². The third-order valence-electron chi connectivity index (χ3n) is 2.08. The highest BCUT2D eigenvalue weighted by Gasteiger charge is 2.14. The number of rotatable bonds is 6. The van der Waals surface area contributed by atoms with Gasteiger partial charge < -0.3 is 5.11 Å². The summed E-state index contributed by atoms with van der Waals surface area (Å²) in [6.45, 7) is 0.372. The lowest BCUT2D eigenvalue weighted by Gasteiger charge is -2.07. The standard InChI is InChI=1S/C10H13BrClNO3S/c11-9-7-8(3-4-10(9)12)17(15,16)13-5-1-2-6-14/h3-4,7,13-14H,1-2,5-6H2. The molecule has 0 saturated carbocycles. The van der Waals surface area contributed by atoms with Gasteiger partial charge in [0.25, 0.3) is 0 Å². The van der Waals surface area contributed by atoms with Gasteiger partial charge in [0, 0.05) is 17.6 Å². The molecule has 0 aliphatic carbocycles. The van der Waals surface area contributed by atoms with E-state index in [-0.39, 0.29) is 11.5 Å². The number of aliphatic hydroxyl groups excluding tert-OH is 1. The van der Waals surface area contributed by atoms with Crippen LogP contribution >= 0.6 is 27.5 Å². The third kappa shape index (κ3) is 4.56. The van der Waals surface area contributed by atoms with E-state index in [1.54, 1.807) is 0 Å². The first kappa shape index (κ1) is 14.9. The Morgan fingerprint density at radius 1 is 1.35 bits per heavy atom. The quantitative estimate of drug-likeness (QED) is 0.779. The molecule has 1 aromatic carbocycles. The molecule has 7 heteroatoms. The Morgan fingerprint density at radius 3 is 2.65 bits per heavy atom. The summed E-state index contributed by atoms with van der Waals surface area (Å²) in [4.78, 5) is 0.165. The van der Waals surface area contributed by atoms with Gasteiger partial charge in [0.2, 0.25) is 10.0 Å². The summed E-state index contributed by atoms with van der Waals surface area (Å²) in [6, 6.07) is 4.42. The first-order chi connectivity index (χ1) is 7.97. The molecule has 0 atom stereocenters. The lowest BCUT2D eigenvalue weighted by atomic mass is 10.3. The summed E-state index contributed by atoms with van der Waals surface area (Å²) < 4.78 is 26.6. The maximum absolute atomic E-state index is 11.8. The molecule has 0 saturated heterocycles. The molecule has 2 N–H and O–H groups in total. The topological polar surface area (TPSA) is 66.4 Å². The molecule has 0 amide bonds. The van der Waals surface area contributed by atoms with E-state index in [1.807, 2.05) is 0 Å². The molecule has 0 bridgehead atoms. The predicted molar refractivity (Wildman–Crippen MR) is 70.7 cm³/mol. The lowest BCUT2D eigenvalue weighted by molar-refractivity contribution is 0.285. The van der Waals surface area contributed by atoms with E-state index in [0.717, 1.165) is 0 Å². The Morgan fingerprint density at radius 2 is 2.06 bits per heavy atom. The summed E-state index contributed by atoms with van der Waals surface area (Å²) in [6.07, 6.45) is 1.18. The molecular formula is C10H13BrClNO3S. The van der Waals surface area contributed by atoms with Crippen molar-refractivity contribution in [1.82, 2.24) is 4.72 Å². The van der Waals surface area contributed by atoms with Gasteiger partial charge in [-0.25, -0.2) is 13.1 Å². The second-order valence-corrected chi connectivity index (χ2v) is 6.43. The van der Waals surface area contributed by atoms with Crippen LogP contribution in [0.1, 0.15) is 12.8 Å². The Hall–Kier alpha value is -0.140. The average molecular weight is 343 g/mol. The number of sulfonamides is 1. The fourth-order valence-corrected chi connectivity index (χ4v) is 2.92. The van der Waals surface area contributed by atoms with Crippen molar-refractivity contribution in [1.29, 1.82) is 0 Å². The predicted octanol–water partition coefficient (Wildman–Crippen LogP) is 2.15. The number of hydrogen-bond acceptors (Lipinski definition) is 3. The Bertz CT molecular complexity index is 478. The number of halogens is 2. The summed E-state index contributed by atoms with van der Waals surface area (Å²) in [5.74, 6) is 0. The van der Waals surface area contributed by atoms with Crippen LogP contribution in [0, 0.1) is 0 Å². The van der Waals surface area contributed by atoms with Gasteiger partial charge in [0.15, 0.2) is 0 Å². The Labute approximate surface area is 114 Å². The second-order valence-electron chi connectivity index (χ2n) is 3.40. The van der Waals surface area contributed by atoms with Gasteiger partial charge in [-0.15, -0.1) is 0 Å². The van der Waals surface area contributed by atoms with E-state index in [2.05, 4.69) is 20.7 Å². The largest absolute Gasteiger partial charge is 0.396 e. The van der Waals surface area contributed by atoms with E-state index in [4.69, 9.17) is 16.7 Å². The zero-order chi connectivity index (χ0) is 12.9. The number of hydrogen-bond donors (Lipinski definition) is 2. The normalized spacial score (nSPS) is 11.7. The first-order valence-corrected chi connectivity index (χ1v) is 7.68. The number of unbranched alkanes of at least 4 members (excludes halogenated alkanes) is 1. The highest BCUT2D eigenvalue weighted by molar-refractivity contribution is 9.10. The summed E-state index contributed by atoms with van der Waals surface area (Å²) in [7, 11) is -3.50. The molecule has 4 nitrogen and oxygen atoms in total. The van der Waals surface area contributed by atoms with Crippen LogP contribution in [0.4, 0.5) is 0 Å². The fourth-order valence-electron chi connectivity index (χ4n) is 1.17. The lowest BCUT2D eigenvalue weighted by Crippen LogP contribution is -2.24. The van der Waals surface area contributed by atoms with Gasteiger partial charge in [-0.05, 0) is 47.0 Å². The van der Waals surface area contributed by atoms with Crippen LogP contribution in [0.2, 0.25) is 5.02 Å². The van der Waals surface area contributed by atoms with Crippen molar-refractivity contribution < 1.29 is 13.5 Å². The van der Waals surface area contributed by atoms with Crippen molar-refractivity contribution in [3.63, 3.8) is 0 Å². The van der Waals surface area contributed by atoms with Crippen molar-refractivity contribution >= 4 is 37.6 Å². The highest BCUT2D eigenvalue weighted by atomic mass is 79.9. The molecule has 0 aliphatic heterocycles. The van der Waals surface area contributed by atoms with E-state index in [9.17, 15) is 8.42 Å². The van der Waals surface area contributed by atoms with E-state index in [1.165, 1.54) is 18.2 Å². The molecule has 17 heavy (non-hydrogen) atoms. The maximum Gasteiger partial charge on any atom is 0.240 e. The van der Waals surface area contributed by atoms with Crippen molar-refractivity contribution in [2.45, 2.75) is 17.7 Å². The zero-order valence-electron chi connectivity index (χ0n) is 8.99. The zero-order valence-corrected chi connectivity index (χ0v) is 12.1. The Kier molecular flexibility index (Phi) is 5.88. The van der Waals surface area contributed by atoms with Crippen LogP contribution in [0.15, 0.2) is 27.6 Å². The first-order valence-electron chi connectivity index (χ1n) is 5.03. The fraction of sp³-hybridized carbons (Fsp3) is 0.400. The molecule has 0 unspecified atom stereocenters. The van der Waals surface area contributed by atoms with Gasteiger partial charge in [-0.1, -0.05) is 11.6 Å². The maximum atomic E-state index is 11.8. The number of aliphatic hydroxyl groups is 1. The molecule has 0 heterocycles. The summed E-state index contributed by atoms with van der Waals surface area (Å²) in [5.41, 5.74) is 0. The molecule has 0 spiro atoms. The van der Waals surface area contributed by atoms with Crippen molar-refractivity contribution in [2.75, 3.05) is 13.2 Å². The Balaban J connectivity index is 2.72. The van der Waals surface area contributed by atoms with Crippen LogP contribution in [0.5, 0.6) is 0 Å². The van der Waals surface area contributed by atoms with Crippen LogP contribution in [0.25, 0.3) is 0 Å². The molecule has 1 aromatic rings. The average Bonchev–Trinajstić information content (AvgIpc) is 2.28. The minimum Gasteiger partial charge on any atom is -0.396 e. The molecule has 0 fully saturated rings. The second kappa shape index (κ2) is 6.70. The SMILES string of the molecule is O=S(=O)(NCCCCO)c1ccc(Cl)c(Br)c1. The van der Waals surface area contributed by atoms with E-state index in [0.29, 0.717) is 28.9 Å². The minimum absolute atomic E-state index is 0.0637. The molecule has 0 aliphatic rings. The third-order valence-corrected chi connectivity index (χ3v) is 4.75. The van der Waals surface area contributed by atoms with Crippen LogP contribution in [0.3, 0.4) is 0 Å².